The Morgan fingerprint density at radius 1 is 1.12 bits per heavy atom. The topological polar surface area (TPSA) is 0 Å². The van der Waals surface area contributed by atoms with E-state index in [1.54, 1.807) is 0 Å². The van der Waals surface area contributed by atoms with Crippen molar-refractivity contribution < 1.29 is 0 Å². The van der Waals surface area contributed by atoms with E-state index < -0.39 is 0 Å². The largest absolute Gasteiger partial charge is 0.129 e. The minimum atomic E-state index is 1.25. The zero-order valence-corrected chi connectivity index (χ0v) is 5.70. The highest BCUT2D eigenvalue weighted by atomic mass is 31.0. The summed E-state index contributed by atoms with van der Waals surface area (Å²) in [5, 5.41) is 0. The molecule has 1 unspecified atom stereocenters. The van der Waals surface area contributed by atoms with E-state index >= 15 is 0 Å². The molecule has 0 amide bonds. The molecule has 8 heavy (non-hydrogen) atoms. The Morgan fingerprint density at radius 3 is 2.12 bits per heavy atom. The monoisotopic (exact) mass is 123 g/mol. The Kier molecular flexibility index (Phi) is 2.05. The van der Waals surface area contributed by atoms with Gasteiger partial charge in [-0.15, -0.1) is 9.24 Å². The van der Waals surface area contributed by atoms with Crippen molar-refractivity contribution in [1.29, 1.82) is 0 Å². The predicted molar refractivity (Wildman–Crippen MR) is 39.6 cm³/mol. The zero-order chi connectivity index (χ0) is 5.82. The van der Waals surface area contributed by atoms with E-state index in [1.165, 1.54) is 5.56 Å². The van der Waals surface area contributed by atoms with Crippen molar-refractivity contribution in [2.75, 3.05) is 0 Å². The van der Waals surface area contributed by atoms with Crippen LogP contribution < -0.4 is 0 Å². The van der Waals surface area contributed by atoms with Gasteiger partial charge in [-0.25, -0.2) is 0 Å². The third-order valence-corrected chi connectivity index (χ3v) is 1.38. The predicted octanol–water partition coefficient (Wildman–Crippen LogP) is 2.07. The highest BCUT2D eigenvalue weighted by molar-refractivity contribution is 7.19. The van der Waals surface area contributed by atoms with Crippen LogP contribution in [0.4, 0.5) is 0 Å². The molecule has 1 aromatic rings. The summed E-state index contributed by atoms with van der Waals surface area (Å²) >= 11 is 0. The first-order valence-corrected chi connectivity index (χ1v) is 3.20. The molecule has 0 aliphatic rings. The van der Waals surface area contributed by atoms with E-state index in [4.69, 9.17) is 0 Å². The molecule has 0 aliphatic heterocycles. The van der Waals surface area contributed by atoms with Gasteiger partial charge in [-0.3, -0.25) is 0 Å². The van der Waals surface area contributed by atoms with Crippen LogP contribution in [0.15, 0.2) is 30.3 Å². The summed E-state index contributed by atoms with van der Waals surface area (Å²) in [6.07, 6.45) is 2.00. The van der Waals surface area contributed by atoms with Crippen LogP contribution in [-0.2, 0) is 0 Å². The summed E-state index contributed by atoms with van der Waals surface area (Å²) in [5.74, 6) is 0. The van der Waals surface area contributed by atoms with Crippen molar-refractivity contribution in [2.45, 2.75) is 0 Å². The Hall–Kier alpha value is -0.350. The summed E-state index contributed by atoms with van der Waals surface area (Å²) < 4.78 is 0. The minimum absolute atomic E-state index is 1.25. The summed E-state index contributed by atoms with van der Waals surface area (Å²) in [6, 6.07) is 10.2. The average Bonchev–Trinajstić information content (AvgIpc) is 1.90. The maximum Gasteiger partial charge on any atom is 0.00883 e. The molecule has 1 aromatic carbocycles. The summed E-state index contributed by atoms with van der Waals surface area (Å²) in [6.45, 7) is 0. The molecule has 0 aliphatic carbocycles. The van der Waals surface area contributed by atoms with Gasteiger partial charge in [0.05, 0.1) is 0 Å². The summed E-state index contributed by atoms with van der Waals surface area (Å²) in [5.41, 5.74) is 1.25. The fraction of sp³-hybridized carbons (Fsp3) is 0. The van der Waals surface area contributed by atoms with Gasteiger partial charge in [0.1, 0.15) is 0 Å². The van der Waals surface area contributed by atoms with Gasteiger partial charge in [-0.1, -0.05) is 30.3 Å². The van der Waals surface area contributed by atoms with Crippen molar-refractivity contribution in [1.82, 2.24) is 0 Å². The van der Waals surface area contributed by atoms with Gasteiger partial charge >= 0.3 is 0 Å². The molecule has 1 radical (unpaired) electrons. The van der Waals surface area contributed by atoms with Crippen LogP contribution in [-0.4, -0.2) is 0 Å². The second-order valence-corrected chi connectivity index (χ2v) is 1.91. The summed E-state index contributed by atoms with van der Waals surface area (Å²) in [7, 11) is 2.57. The normalized spacial score (nSPS) is 9.12. The SMILES string of the molecule is P[CH]c1ccccc1. The molecule has 0 nitrogen and oxygen atoms in total. The van der Waals surface area contributed by atoms with E-state index in [2.05, 4.69) is 21.4 Å². The van der Waals surface area contributed by atoms with E-state index in [0.29, 0.717) is 0 Å². The number of rotatable bonds is 1. The smallest absolute Gasteiger partial charge is 0.00883 e. The fourth-order valence-corrected chi connectivity index (χ4v) is 0.786. The second kappa shape index (κ2) is 2.84. The molecule has 41 valence electrons. The highest BCUT2D eigenvalue weighted by Crippen LogP contribution is 2.05. The molecular formula is C7H8P. The lowest BCUT2D eigenvalue weighted by molar-refractivity contribution is 1.60. The third-order valence-electron chi connectivity index (χ3n) is 0.992. The van der Waals surface area contributed by atoms with Gasteiger partial charge in [-0.2, -0.15) is 0 Å². The van der Waals surface area contributed by atoms with Crippen molar-refractivity contribution in [3.63, 3.8) is 0 Å². The molecule has 1 heteroatoms. The van der Waals surface area contributed by atoms with Crippen LogP contribution in [0.2, 0.25) is 0 Å². The first-order valence-electron chi connectivity index (χ1n) is 2.53. The quantitative estimate of drug-likeness (QED) is 0.501. The standard InChI is InChI=1S/C7H8P/c8-6-7-4-2-1-3-5-7/h1-6H,8H2. The van der Waals surface area contributed by atoms with E-state index in [0.717, 1.165) is 0 Å². The molecule has 1 atom stereocenters. The molecule has 0 fully saturated rings. The molecule has 1 rings (SSSR count). The second-order valence-electron chi connectivity index (χ2n) is 1.58. The lowest BCUT2D eigenvalue weighted by atomic mass is 10.2. The van der Waals surface area contributed by atoms with E-state index in [-0.39, 0.29) is 0 Å². The zero-order valence-electron chi connectivity index (χ0n) is 4.54. The molecule has 0 heterocycles. The van der Waals surface area contributed by atoms with Crippen molar-refractivity contribution in [3.05, 3.63) is 42.1 Å². The number of hydrogen-bond donors (Lipinski definition) is 0. The van der Waals surface area contributed by atoms with Crippen LogP contribution in [0.5, 0.6) is 0 Å². The van der Waals surface area contributed by atoms with Gasteiger partial charge in [0, 0.05) is 6.16 Å². The number of hydrogen-bond acceptors (Lipinski definition) is 0. The maximum absolute atomic E-state index is 2.57. The van der Waals surface area contributed by atoms with Crippen molar-refractivity contribution >= 4 is 9.24 Å². The first kappa shape index (κ1) is 5.78. The Balaban J connectivity index is 2.83. The van der Waals surface area contributed by atoms with Gasteiger partial charge < -0.3 is 0 Å². The Bertz CT molecular complexity index is 146. The maximum atomic E-state index is 2.57. The van der Waals surface area contributed by atoms with E-state index in [1.807, 2.05) is 24.4 Å². The molecular weight excluding hydrogens is 115 g/mol. The molecule has 0 bridgehead atoms. The van der Waals surface area contributed by atoms with Crippen LogP contribution >= 0.6 is 9.24 Å². The van der Waals surface area contributed by atoms with Gasteiger partial charge in [0.15, 0.2) is 0 Å². The average molecular weight is 123 g/mol. The molecule has 0 N–H and O–H groups in total. The highest BCUT2D eigenvalue weighted by Gasteiger charge is 1.80. The van der Waals surface area contributed by atoms with Crippen LogP contribution in [0, 0.1) is 6.16 Å². The molecule has 0 spiro atoms. The summed E-state index contributed by atoms with van der Waals surface area (Å²) in [4.78, 5) is 0. The van der Waals surface area contributed by atoms with Gasteiger partial charge in [0.2, 0.25) is 0 Å². The Labute approximate surface area is 52.1 Å². The van der Waals surface area contributed by atoms with Crippen LogP contribution in [0.25, 0.3) is 0 Å². The van der Waals surface area contributed by atoms with Gasteiger partial charge in [-0.05, 0) is 5.56 Å². The minimum Gasteiger partial charge on any atom is -0.129 e. The first-order chi connectivity index (χ1) is 3.93. The molecule has 0 saturated heterocycles. The number of benzene rings is 1. The van der Waals surface area contributed by atoms with Crippen LogP contribution in [0.1, 0.15) is 5.56 Å². The van der Waals surface area contributed by atoms with Crippen molar-refractivity contribution in [3.8, 4) is 0 Å². The fourth-order valence-electron chi connectivity index (χ4n) is 0.564. The van der Waals surface area contributed by atoms with Gasteiger partial charge in [0.25, 0.3) is 0 Å². The van der Waals surface area contributed by atoms with E-state index in [9.17, 15) is 0 Å². The van der Waals surface area contributed by atoms with Crippen molar-refractivity contribution in [2.24, 2.45) is 0 Å². The molecule has 0 saturated carbocycles. The lowest BCUT2D eigenvalue weighted by Crippen LogP contribution is -1.68. The molecule has 0 aromatic heterocycles. The third kappa shape index (κ3) is 1.31. The lowest BCUT2D eigenvalue weighted by Gasteiger charge is -1.89. The van der Waals surface area contributed by atoms with Crippen LogP contribution in [0.3, 0.4) is 0 Å². The Morgan fingerprint density at radius 2 is 1.75 bits per heavy atom.